The molecule has 3 heterocycles. The number of imidazole rings is 1. The molecule has 0 unspecified atom stereocenters. The smallest absolute Gasteiger partial charge is 0.253 e. The van der Waals surface area contributed by atoms with Crippen molar-refractivity contribution in [2.45, 2.75) is 19.8 Å². The van der Waals surface area contributed by atoms with Gasteiger partial charge >= 0.3 is 0 Å². The summed E-state index contributed by atoms with van der Waals surface area (Å²) in [6.07, 6.45) is 4.23. The maximum Gasteiger partial charge on any atom is 0.253 e. The molecule has 0 radical (unpaired) electrons. The zero-order valence-corrected chi connectivity index (χ0v) is 18.5. The zero-order chi connectivity index (χ0) is 22.9. The monoisotopic (exact) mass is 443 g/mol. The number of anilines is 2. The number of hydrogen-bond donors (Lipinski definition) is 0. The van der Waals surface area contributed by atoms with E-state index in [0.717, 1.165) is 11.6 Å². The largest absolute Gasteiger partial charge is 0.338 e. The molecule has 3 amide bonds. The minimum atomic E-state index is -0.195. The van der Waals surface area contributed by atoms with E-state index in [4.69, 9.17) is 0 Å². The van der Waals surface area contributed by atoms with E-state index >= 15 is 0 Å². The molecule has 0 bridgehead atoms. The molecule has 0 aliphatic carbocycles. The van der Waals surface area contributed by atoms with Gasteiger partial charge < -0.3 is 9.80 Å². The Balaban J connectivity index is 1.24. The van der Waals surface area contributed by atoms with Gasteiger partial charge in [-0.1, -0.05) is 17.7 Å². The summed E-state index contributed by atoms with van der Waals surface area (Å²) in [5, 5.41) is 0. The van der Waals surface area contributed by atoms with E-state index in [1.807, 2.05) is 11.1 Å². The summed E-state index contributed by atoms with van der Waals surface area (Å²) in [4.78, 5) is 46.6. The van der Waals surface area contributed by atoms with Gasteiger partial charge in [0.1, 0.15) is 0 Å². The van der Waals surface area contributed by atoms with E-state index in [1.54, 1.807) is 30.5 Å². The molecule has 2 aromatic carbocycles. The lowest BCUT2D eigenvalue weighted by atomic mass is 10.1. The fraction of sp³-hybridized carbons (Fsp3) is 0.280. The molecule has 0 N–H and O–H groups in total. The number of hydrogen-bond acceptors (Lipinski definition) is 5. The molecule has 33 heavy (non-hydrogen) atoms. The summed E-state index contributed by atoms with van der Waals surface area (Å²) in [6.45, 7) is 4.61. The number of piperazine rings is 1. The van der Waals surface area contributed by atoms with Gasteiger partial charge in [0.25, 0.3) is 5.91 Å². The Labute approximate surface area is 192 Å². The highest BCUT2D eigenvalue weighted by atomic mass is 16.2. The van der Waals surface area contributed by atoms with Crippen LogP contribution in [-0.4, -0.2) is 58.4 Å². The van der Waals surface area contributed by atoms with Crippen LogP contribution in [-0.2, 0) is 9.59 Å². The average molecular weight is 444 g/mol. The van der Waals surface area contributed by atoms with Gasteiger partial charge in [0.2, 0.25) is 17.8 Å². The number of carbonyl (C=O) groups excluding carboxylic acids is 3. The summed E-state index contributed by atoms with van der Waals surface area (Å²) in [6, 6.07) is 15.0. The molecule has 8 heteroatoms. The average Bonchev–Trinajstić information content (AvgIpc) is 3.46. The van der Waals surface area contributed by atoms with Crippen molar-refractivity contribution in [3.8, 4) is 5.69 Å². The van der Waals surface area contributed by atoms with Crippen LogP contribution in [0.5, 0.6) is 0 Å². The first-order valence-electron chi connectivity index (χ1n) is 11.1. The molecule has 5 rings (SSSR count). The van der Waals surface area contributed by atoms with E-state index in [0.29, 0.717) is 37.4 Å². The number of nitrogens with zero attached hydrogens (tertiary/aromatic N) is 5. The minimum Gasteiger partial charge on any atom is -0.338 e. The van der Waals surface area contributed by atoms with Crippen molar-refractivity contribution in [2.75, 3.05) is 36.0 Å². The number of aromatic nitrogens is 2. The normalized spacial score (nSPS) is 16.6. The second-order valence-corrected chi connectivity index (χ2v) is 8.38. The van der Waals surface area contributed by atoms with Crippen molar-refractivity contribution in [1.29, 1.82) is 0 Å². The van der Waals surface area contributed by atoms with Crippen molar-refractivity contribution in [1.82, 2.24) is 14.5 Å². The molecular weight excluding hydrogens is 418 g/mol. The standard InChI is InChI=1S/C25H25N5O3/c1-18-2-6-20(7-3-18)29-13-12-26-25(29)28-16-14-27(15-17-28)24(33)19-4-8-21(9-5-19)30-22(31)10-11-23(30)32/h2-9,12-13H,10-11,14-17H2,1H3. The Morgan fingerprint density at radius 3 is 2.06 bits per heavy atom. The van der Waals surface area contributed by atoms with Gasteiger partial charge in [0.05, 0.1) is 5.69 Å². The molecule has 2 fully saturated rings. The van der Waals surface area contributed by atoms with Gasteiger partial charge in [-0.05, 0) is 43.3 Å². The van der Waals surface area contributed by atoms with E-state index in [9.17, 15) is 14.4 Å². The van der Waals surface area contributed by atoms with Crippen LogP contribution >= 0.6 is 0 Å². The molecule has 0 saturated carbocycles. The third kappa shape index (κ3) is 4.00. The van der Waals surface area contributed by atoms with Crippen molar-refractivity contribution in [3.63, 3.8) is 0 Å². The Hall–Kier alpha value is -3.94. The lowest BCUT2D eigenvalue weighted by Gasteiger charge is -2.35. The maximum absolute atomic E-state index is 13.0. The topological polar surface area (TPSA) is 78.8 Å². The van der Waals surface area contributed by atoms with Gasteiger partial charge in [0.15, 0.2) is 0 Å². The van der Waals surface area contributed by atoms with Crippen LogP contribution in [0, 0.1) is 6.92 Å². The Bertz CT molecular complexity index is 1180. The van der Waals surface area contributed by atoms with Crippen LogP contribution in [0.2, 0.25) is 0 Å². The molecule has 0 atom stereocenters. The lowest BCUT2D eigenvalue weighted by Crippen LogP contribution is -2.49. The molecular formula is C25H25N5O3. The first-order valence-corrected chi connectivity index (χ1v) is 11.1. The summed E-state index contributed by atoms with van der Waals surface area (Å²) in [5.41, 5.74) is 3.33. The summed E-state index contributed by atoms with van der Waals surface area (Å²) >= 11 is 0. The van der Waals surface area contributed by atoms with Gasteiger partial charge in [0, 0.05) is 62.7 Å². The molecule has 2 aliphatic heterocycles. The Morgan fingerprint density at radius 2 is 1.42 bits per heavy atom. The van der Waals surface area contributed by atoms with Gasteiger partial charge in [-0.3, -0.25) is 23.9 Å². The van der Waals surface area contributed by atoms with E-state index in [2.05, 4.69) is 45.6 Å². The zero-order valence-electron chi connectivity index (χ0n) is 18.5. The number of rotatable bonds is 4. The summed E-state index contributed by atoms with van der Waals surface area (Å²) in [7, 11) is 0. The Morgan fingerprint density at radius 1 is 0.818 bits per heavy atom. The van der Waals surface area contributed by atoms with Crippen LogP contribution in [0.15, 0.2) is 60.9 Å². The number of amides is 3. The predicted octanol–water partition coefficient (Wildman–Crippen LogP) is 2.80. The second-order valence-electron chi connectivity index (χ2n) is 8.38. The predicted molar refractivity (Wildman–Crippen MR) is 125 cm³/mol. The minimum absolute atomic E-state index is 0.0536. The second kappa shape index (κ2) is 8.54. The molecule has 168 valence electrons. The van der Waals surface area contributed by atoms with Crippen molar-refractivity contribution >= 4 is 29.4 Å². The van der Waals surface area contributed by atoms with Gasteiger partial charge in [-0.15, -0.1) is 0 Å². The van der Waals surface area contributed by atoms with Crippen LogP contribution in [0.25, 0.3) is 5.69 Å². The highest BCUT2D eigenvalue weighted by molar-refractivity contribution is 6.19. The lowest BCUT2D eigenvalue weighted by molar-refractivity contribution is -0.121. The number of benzene rings is 2. The number of imide groups is 1. The van der Waals surface area contributed by atoms with E-state index in [-0.39, 0.29) is 30.6 Å². The first-order chi connectivity index (χ1) is 16.0. The third-order valence-electron chi connectivity index (χ3n) is 6.21. The summed E-state index contributed by atoms with van der Waals surface area (Å²) in [5.74, 6) is 0.427. The number of aryl methyl sites for hydroxylation is 1. The van der Waals surface area contributed by atoms with E-state index < -0.39 is 0 Å². The van der Waals surface area contributed by atoms with Crippen molar-refractivity contribution in [2.24, 2.45) is 0 Å². The van der Waals surface area contributed by atoms with Gasteiger partial charge in [-0.2, -0.15) is 0 Å². The van der Waals surface area contributed by atoms with Crippen molar-refractivity contribution in [3.05, 3.63) is 72.1 Å². The van der Waals surface area contributed by atoms with E-state index in [1.165, 1.54) is 10.5 Å². The molecule has 8 nitrogen and oxygen atoms in total. The third-order valence-corrected chi connectivity index (χ3v) is 6.21. The highest BCUT2D eigenvalue weighted by Gasteiger charge is 2.30. The molecule has 1 aromatic heterocycles. The van der Waals surface area contributed by atoms with Crippen LogP contribution < -0.4 is 9.80 Å². The first kappa shape index (κ1) is 20.9. The quantitative estimate of drug-likeness (QED) is 0.580. The molecule has 2 saturated heterocycles. The fourth-order valence-corrected chi connectivity index (χ4v) is 4.35. The fourth-order valence-electron chi connectivity index (χ4n) is 4.35. The highest BCUT2D eigenvalue weighted by Crippen LogP contribution is 2.24. The Kier molecular flexibility index (Phi) is 5.42. The van der Waals surface area contributed by atoms with Crippen LogP contribution in [0.4, 0.5) is 11.6 Å². The molecule has 2 aliphatic rings. The molecule has 0 spiro atoms. The SMILES string of the molecule is Cc1ccc(-n2ccnc2N2CCN(C(=O)c3ccc(N4C(=O)CCC4=O)cc3)CC2)cc1. The van der Waals surface area contributed by atoms with Crippen LogP contribution in [0.3, 0.4) is 0 Å². The van der Waals surface area contributed by atoms with Crippen LogP contribution in [0.1, 0.15) is 28.8 Å². The maximum atomic E-state index is 13.0. The van der Waals surface area contributed by atoms with Gasteiger partial charge in [-0.25, -0.2) is 4.98 Å². The molecule has 3 aromatic rings. The van der Waals surface area contributed by atoms with Crippen molar-refractivity contribution < 1.29 is 14.4 Å². The summed E-state index contributed by atoms with van der Waals surface area (Å²) < 4.78 is 2.07. The number of carbonyl (C=O) groups is 3.